The SMILES string of the molecule is CN=C(N=NCl)N1CCN(CC(=O)NC(C)C)C[C@H]1C. The van der Waals surface area contributed by atoms with Gasteiger partial charge in [0.2, 0.25) is 11.9 Å². The first-order valence-electron chi connectivity index (χ1n) is 6.75. The van der Waals surface area contributed by atoms with Crippen LogP contribution < -0.4 is 5.32 Å². The van der Waals surface area contributed by atoms with Gasteiger partial charge in [0.1, 0.15) is 0 Å². The summed E-state index contributed by atoms with van der Waals surface area (Å²) in [5.41, 5.74) is 0. The first-order chi connectivity index (χ1) is 9.47. The van der Waals surface area contributed by atoms with Crippen LogP contribution in [0.3, 0.4) is 0 Å². The molecule has 0 saturated carbocycles. The van der Waals surface area contributed by atoms with Crippen LogP contribution in [-0.2, 0) is 4.79 Å². The topological polar surface area (TPSA) is 72.7 Å². The number of carbonyl (C=O) groups excluding carboxylic acids is 1. The molecule has 1 aliphatic heterocycles. The summed E-state index contributed by atoms with van der Waals surface area (Å²) in [6.45, 7) is 8.72. The lowest BCUT2D eigenvalue weighted by Crippen LogP contribution is -2.55. The highest BCUT2D eigenvalue weighted by atomic mass is 35.5. The van der Waals surface area contributed by atoms with E-state index in [1.54, 1.807) is 7.05 Å². The molecule has 1 aliphatic rings. The Morgan fingerprint density at radius 2 is 2.15 bits per heavy atom. The fourth-order valence-corrected chi connectivity index (χ4v) is 2.38. The molecule has 20 heavy (non-hydrogen) atoms. The summed E-state index contributed by atoms with van der Waals surface area (Å²) in [7, 11) is 1.66. The molecule has 0 aliphatic carbocycles. The third-order valence-corrected chi connectivity index (χ3v) is 3.19. The lowest BCUT2D eigenvalue weighted by Gasteiger charge is -2.39. The van der Waals surface area contributed by atoms with Crippen LogP contribution in [0.5, 0.6) is 0 Å². The molecular formula is C12H23ClN6O. The van der Waals surface area contributed by atoms with Gasteiger partial charge in [0.25, 0.3) is 0 Å². The summed E-state index contributed by atoms with van der Waals surface area (Å²) in [5.74, 6) is 0.587. The lowest BCUT2D eigenvalue weighted by atomic mass is 10.2. The van der Waals surface area contributed by atoms with Crippen LogP contribution in [-0.4, -0.2) is 67.0 Å². The van der Waals surface area contributed by atoms with Crippen molar-refractivity contribution in [3.63, 3.8) is 0 Å². The van der Waals surface area contributed by atoms with Crippen molar-refractivity contribution in [1.82, 2.24) is 15.1 Å². The van der Waals surface area contributed by atoms with E-state index in [0.717, 1.165) is 19.6 Å². The fraction of sp³-hybridized carbons (Fsp3) is 0.833. The number of hydrogen-bond acceptors (Lipinski definition) is 4. The Kier molecular flexibility index (Phi) is 6.87. The molecule has 1 amide bonds. The molecule has 0 aromatic carbocycles. The van der Waals surface area contributed by atoms with Gasteiger partial charge in [-0.25, -0.2) is 0 Å². The zero-order valence-electron chi connectivity index (χ0n) is 12.5. The van der Waals surface area contributed by atoms with Crippen LogP contribution in [0.15, 0.2) is 14.7 Å². The number of guanidine groups is 1. The second kappa shape index (κ2) is 8.16. The molecule has 0 bridgehead atoms. The number of carbonyl (C=O) groups is 1. The summed E-state index contributed by atoms with van der Waals surface area (Å²) < 4.78 is 3.26. The largest absolute Gasteiger partial charge is 0.353 e. The van der Waals surface area contributed by atoms with E-state index in [2.05, 4.69) is 31.9 Å². The predicted molar refractivity (Wildman–Crippen MR) is 80.0 cm³/mol. The minimum absolute atomic E-state index is 0.0606. The van der Waals surface area contributed by atoms with Crippen molar-refractivity contribution in [2.24, 2.45) is 14.7 Å². The third kappa shape index (κ3) is 5.05. The zero-order valence-corrected chi connectivity index (χ0v) is 13.3. The number of nitrogens with zero attached hydrogens (tertiary/aromatic N) is 5. The van der Waals surface area contributed by atoms with Gasteiger partial charge in [-0.05, 0) is 20.8 Å². The number of aliphatic imine (C=N–C) groups is 1. The second-order valence-corrected chi connectivity index (χ2v) is 5.35. The van der Waals surface area contributed by atoms with Gasteiger partial charge in [0, 0.05) is 38.8 Å². The molecule has 0 spiro atoms. The van der Waals surface area contributed by atoms with Gasteiger partial charge in [0.15, 0.2) is 0 Å². The molecule has 1 fully saturated rings. The highest BCUT2D eigenvalue weighted by Crippen LogP contribution is 2.11. The summed E-state index contributed by atoms with van der Waals surface area (Å²) >= 11 is 5.28. The first-order valence-corrected chi connectivity index (χ1v) is 7.08. The molecule has 1 rings (SSSR count). The summed E-state index contributed by atoms with van der Waals surface area (Å²) in [6, 6.07) is 0.376. The van der Waals surface area contributed by atoms with Crippen molar-refractivity contribution in [3.05, 3.63) is 0 Å². The average molecular weight is 303 g/mol. The van der Waals surface area contributed by atoms with Gasteiger partial charge in [-0.3, -0.25) is 14.7 Å². The average Bonchev–Trinajstić information content (AvgIpc) is 2.35. The van der Waals surface area contributed by atoms with Crippen LogP contribution in [0.1, 0.15) is 20.8 Å². The van der Waals surface area contributed by atoms with Crippen LogP contribution in [0.2, 0.25) is 0 Å². The van der Waals surface area contributed by atoms with E-state index in [-0.39, 0.29) is 18.0 Å². The molecule has 1 atom stereocenters. The maximum absolute atomic E-state index is 11.8. The van der Waals surface area contributed by atoms with E-state index in [1.807, 2.05) is 18.7 Å². The van der Waals surface area contributed by atoms with Gasteiger partial charge in [-0.15, -0.1) is 0 Å². The normalized spacial score (nSPS) is 21.8. The van der Waals surface area contributed by atoms with E-state index in [4.69, 9.17) is 11.8 Å². The molecule has 114 valence electrons. The number of nitrogens with one attached hydrogen (secondary N) is 1. The number of hydrogen-bond donors (Lipinski definition) is 1. The van der Waals surface area contributed by atoms with Crippen LogP contribution in [0, 0.1) is 0 Å². The van der Waals surface area contributed by atoms with E-state index >= 15 is 0 Å². The Morgan fingerprint density at radius 3 is 2.65 bits per heavy atom. The van der Waals surface area contributed by atoms with Gasteiger partial charge in [0.05, 0.1) is 18.3 Å². The fourth-order valence-electron chi connectivity index (χ4n) is 2.31. The van der Waals surface area contributed by atoms with Crippen LogP contribution >= 0.6 is 11.8 Å². The molecule has 1 heterocycles. The Balaban J connectivity index is 2.53. The predicted octanol–water partition coefficient (Wildman–Crippen LogP) is 1.11. The Morgan fingerprint density at radius 1 is 1.45 bits per heavy atom. The minimum atomic E-state index is 0.0606. The molecule has 1 saturated heterocycles. The van der Waals surface area contributed by atoms with Gasteiger partial charge in [-0.1, -0.05) is 9.75 Å². The Hall–Kier alpha value is -1.21. The molecule has 8 heteroatoms. The Bertz CT molecular complexity index is 384. The van der Waals surface area contributed by atoms with Crippen molar-refractivity contribution in [2.75, 3.05) is 33.2 Å². The van der Waals surface area contributed by atoms with Crippen molar-refractivity contribution < 1.29 is 4.79 Å². The van der Waals surface area contributed by atoms with Crippen molar-refractivity contribution in [3.8, 4) is 0 Å². The van der Waals surface area contributed by atoms with Crippen LogP contribution in [0.25, 0.3) is 0 Å². The van der Waals surface area contributed by atoms with Crippen LogP contribution in [0.4, 0.5) is 0 Å². The van der Waals surface area contributed by atoms with Gasteiger partial charge in [-0.2, -0.15) is 0 Å². The molecule has 0 aromatic rings. The minimum Gasteiger partial charge on any atom is -0.353 e. The summed E-state index contributed by atoms with van der Waals surface area (Å²) in [4.78, 5) is 20.0. The number of piperazine rings is 1. The van der Waals surface area contributed by atoms with Crippen molar-refractivity contribution in [2.45, 2.75) is 32.9 Å². The first kappa shape index (κ1) is 16.8. The molecule has 0 radical (unpaired) electrons. The highest BCUT2D eigenvalue weighted by molar-refractivity contribution is 6.14. The number of halogens is 1. The molecule has 1 N–H and O–H groups in total. The number of rotatable bonds is 3. The van der Waals surface area contributed by atoms with Crippen molar-refractivity contribution >= 4 is 23.6 Å². The summed E-state index contributed by atoms with van der Waals surface area (Å²) in [5, 5.41) is 6.71. The maximum atomic E-state index is 11.8. The summed E-state index contributed by atoms with van der Waals surface area (Å²) in [6.07, 6.45) is 0. The van der Waals surface area contributed by atoms with Gasteiger partial charge < -0.3 is 10.2 Å². The smallest absolute Gasteiger partial charge is 0.241 e. The van der Waals surface area contributed by atoms with E-state index < -0.39 is 0 Å². The quantitative estimate of drug-likeness (QED) is 0.482. The van der Waals surface area contributed by atoms with Crippen molar-refractivity contribution in [1.29, 1.82) is 0 Å². The second-order valence-electron chi connectivity index (χ2n) is 5.20. The Labute approximate surface area is 125 Å². The molecule has 0 aromatic heterocycles. The maximum Gasteiger partial charge on any atom is 0.241 e. The number of amides is 1. The molecule has 0 unspecified atom stereocenters. The molecule has 7 nitrogen and oxygen atoms in total. The highest BCUT2D eigenvalue weighted by Gasteiger charge is 2.27. The molecular weight excluding hydrogens is 280 g/mol. The van der Waals surface area contributed by atoms with E-state index in [1.165, 1.54) is 0 Å². The van der Waals surface area contributed by atoms with E-state index in [0.29, 0.717) is 12.5 Å². The van der Waals surface area contributed by atoms with Gasteiger partial charge >= 0.3 is 0 Å². The monoisotopic (exact) mass is 302 g/mol. The lowest BCUT2D eigenvalue weighted by molar-refractivity contribution is -0.123. The standard InChI is InChI=1S/C12H23ClN6O/c1-9(2)15-11(20)8-18-5-6-19(10(3)7-18)12(14-4)16-17-13/h9-10H,5-8H2,1-4H3,(H,15,20)/t10-/m1/s1. The third-order valence-electron chi connectivity index (χ3n) is 3.11. The van der Waals surface area contributed by atoms with E-state index in [9.17, 15) is 4.79 Å². The zero-order chi connectivity index (χ0) is 15.1.